The molecular formula is C21H24F3N3O4. The topological polar surface area (TPSA) is 89.4 Å². The molecule has 1 aromatic carbocycles. The minimum absolute atomic E-state index is 0.0285. The van der Waals surface area contributed by atoms with Crippen LogP contribution in [0.3, 0.4) is 0 Å². The van der Waals surface area contributed by atoms with Gasteiger partial charge in [-0.3, -0.25) is 14.4 Å². The molecule has 168 valence electrons. The van der Waals surface area contributed by atoms with Crippen molar-refractivity contribution in [2.75, 3.05) is 6.54 Å². The van der Waals surface area contributed by atoms with Crippen molar-refractivity contribution in [1.82, 2.24) is 15.2 Å². The summed E-state index contributed by atoms with van der Waals surface area (Å²) in [6.07, 6.45) is -1.25. The molecule has 0 fully saturated rings. The largest absolute Gasteiger partial charge is 0.573 e. The highest BCUT2D eigenvalue weighted by molar-refractivity contribution is 5.99. The smallest absolute Gasteiger partial charge is 0.406 e. The lowest BCUT2D eigenvalue weighted by atomic mass is 10.1. The van der Waals surface area contributed by atoms with Gasteiger partial charge in [-0.1, -0.05) is 19.1 Å². The Hall–Kier alpha value is -3.30. The SMILES string of the molecule is CCNC(=O)c1cn([C@H](C)CC)cc(C(=O)NCc2ccc(OC(F)(F)F)cc2)c1=O. The molecule has 0 aliphatic heterocycles. The van der Waals surface area contributed by atoms with Gasteiger partial charge in [-0.05, 0) is 38.0 Å². The van der Waals surface area contributed by atoms with Gasteiger partial charge < -0.3 is 19.9 Å². The summed E-state index contributed by atoms with van der Waals surface area (Å²) in [5.74, 6) is -1.64. The van der Waals surface area contributed by atoms with Gasteiger partial charge in [0.05, 0.1) is 0 Å². The summed E-state index contributed by atoms with van der Waals surface area (Å²) in [5, 5.41) is 5.12. The molecule has 0 aliphatic carbocycles. The molecule has 7 nitrogen and oxygen atoms in total. The van der Waals surface area contributed by atoms with E-state index >= 15 is 0 Å². The standard InChI is InChI=1S/C21H24F3N3O4/c1-4-13(3)27-11-16(19(29)25-5-2)18(28)17(12-27)20(30)26-10-14-6-8-15(9-7-14)31-21(22,23)24/h6-9,11-13H,4-5,10H2,1-3H3,(H,25,29)(H,26,30)/t13-/m1/s1. The first-order valence-corrected chi connectivity index (χ1v) is 9.72. The molecule has 0 spiro atoms. The van der Waals surface area contributed by atoms with Crippen molar-refractivity contribution in [2.45, 2.75) is 46.1 Å². The number of hydrogen-bond acceptors (Lipinski definition) is 4. The van der Waals surface area contributed by atoms with Gasteiger partial charge in [-0.15, -0.1) is 13.2 Å². The summed E-state index contributed by atoms with van der Waals surface area (Å²) in [4.78, 5) is 37.6. The van der Waals surface area contributed by atoms with Crippen LogP contribution in [0.25, 0.3) is 0 Å². The van der Waals surface area contributed by atoms with Crippen LogP contribution in [-0.4, -0.2) is 29.3 Å². The molecule has 0 bridgehead atoms. The third kappa shape index (κ3) is 6.59. The second kappa shape index (κ2) is 10.1. The van der Waals surface area contributed by atoms with Crippen molar-refractivity contribution in [3.63, 3.8) is 0 Å². The van der Waals surface area contributed by atoms with E-state index in [0.717, 1.165) is 12.1 Å². The number of ether oxygens (including phenoxy) is 1. The van der Waals surface area contributed by atoms with Gasteiger partial charge in [0.1, 0.15) is 16.9 Å². The van der Waals surface area contributed by atoms with Crippen molar-refractivity contribution in [3.8, 4) is 5.75 Å². The van der Waals surface area contributed by atoms with Crippen molar-refractivity contribution < 1.29 is 27.5 Å². The number of halogens is 3. The molecule has 0 saturated heterocycles. The van der Waals surface area contributed by atoms with Crippen LogP contribution in [0.5, 0.6) is 5.75 Å². The minimum atomic E-state index is -4.79. The number of rotatable bonds is 8. The second-order valence-electron chi connectivity index (χ2n) is 6.85. The third-order valence-electron chi connectivity index (χ3n) is 4.58. The summed E-state index contributed by atoms with van der Waals surface area (Å²) in [7, 11) is 0. The molecule has 31 heavy (non-hydrogen) atoms. The van der Waals surface area contributed by atoms with E-state index in [2.05, 4.69) is 15.4 Å². The van der Waals surface area contributed by atoms with E-state index < -0.39 is 23.6 Å². The monoisotopic (exact) mass is 439 g/mol. The zero-order valence-corrected chi connectivity index (χ0v) is 17.4. The Morgan fingerprint density at radius 1 is 1.03 bits per heavy atom. The zero-order chi connectivity index (χ0) is 23.2. The van der Waals surface area contributed by atoms with Crippen LogP contribution in [0, 0.1) is 0 Å². The fourth-order valence-electron chi connectivity index (χ4n) is 2.73. The Bertz CT molecular complexity index is 985. The number of nitrogens with one attached hydrogen (secondary N) is 2. The summed E-state index contributed by atoms with van der Waals surface area (Å²) in [5.41, 5.74) is -0.522. The number of benzene rings is 1. The Kier molecular flexibility index (Phi) is 7.84. The first kappa shape index (κ1) is 24.0. The minimum Gasteiger partial charge on any atom is -0.406 e. The average Bonchev–Trinajstić information content (AvgIpc) is 2.71. The van der Waals surface area contributed by atoms with E-state index in [0.29, 0.717) is 18.5 Å². The average molecular weight is 439 g/mol. The number of carbonyl (C=O) groups excluding carboxylic acids is 2. The summed E-state index contributed by atoms with van der Waals surface area (Å²) >= 11 is 0. The highest BCUT2D eigenvalue weighted by Gasteiger charge is 2.31. The molecule has 2 amide bonds. The number of nitrogens with zero attached hydrogens (tertiary/aromatic N) is 1. The maximum Gasteiger partial charge on any atom is 0.573 e. The van der Waals surface area contributed by atoms with Crippen molar-refractivity contribution in [2.24, 2.45) is 0 Å². The first-order valence-electron chi connectivity index (χ1n) is 9.72. The lowest BCUT2D eigenvalue weighted by Crippen LogP contribution is -2.35. The van der Waals surface area contributed by atoms with E-state index in [1.165, 1.54) is 24.5 Å². The Morgan fingerprint density at radius 2 is 1.58 bits per heavy atom. The van der Waals surface area contributed by atoms with Crippen LogP contribution in [-0.2, 0) is 6.54 Å². The molecule has 1 atom stereocenters. The van der Waals surface area contributed by atoms with E-state index in [4.69, 9.17) is 0 Å². The molecule has 2 N–H and O–H groups in total. The number of aromatic nitrogens is 1. The molecule has 0 saturated carbocycles. The lowest BCUT2D eigenvalue weighted by Gasteiger charge is -2.17. The lowest BCUT2D eigenvalue weighted by molar-refractivity contribution is -0.274. The molecule has 2 rings (SSSR count). The quantitative estimate of drug-likeness (QED) is 0.660. The van der Waals surface area contributed by atoms with Gasteiger partial charge in [0, 0.05) is 31.5 Å². The van der Waals surface area contributed by atoms with Crippen molar-refractivity contribution in [1.29, 1.82) is 0 Å². The molecule has 1 aromatic heterocycles. The van der Waals surface area contributed by atoms with Gasteiger partial charge in [0.25, 0.3) is 11.8 Å². The van der Waals surface area contributed by atoms with Gasteiger partial charge in [0.2, 0.25) is 5.43 Å². The summed E-state index contributed by atoms with van der Waals surface area (Å²) in [6, 6.07) is 4.93. The molecule has 0 unspecified atom stereocenters. The number of carbonyl (C=O) groups is 2. The highest BCUT2D eigenvalue weighted by atomic mass is 19.4. The maximum atomic E-state index is 12.7. The van der Waals surface area contributed by atoms with Crippen molar-refractivity contribution >= 4 is 11.8 Å². The molecular weight excluding hydrogens is 415 g/mol. The van der Waals surface area contributed by atoms with E-state index in [-0.39, 0.29) is 29.5 Å². The Morgan fingerprint density at radius 3 is 2.06 bits per heavy atom. The van der Waals surface area contributed by atoms with Gasteiger partial charge in [0.15, 0.2) is 0 Å². The van der Waals surface area contributed by atoms with E-state index in [1.807, 2.05) is 13.8 Å². The first-order chi connectivity index (χ1) is 14.6. The predicted octanol–water partition coefficient (Wildman–Crippen LogP) is 3.40. The maximum absolute atomic E-state index is 12.7. The molecule has 0 aliphatic rings. The Balaban J connectivity index is 2.23. The fourth-order valence-corrected chi connectivity index (χ4v) is 2.73. The molecule has 1 heterocycles. The molecule has 10 heteroatoms. The van der Waals surface area contributed by atoms with Crippen LogP contribution in [0.15, 0.2) is 41.5 Å². The second-order valence-corrected chi connectivity index (χ2v) is 6.85. The highest BCUT2D eigenvalue weighted by Crippen LogP contribution is 2.22. The van der Waals surface area contributed by atoms with Crippen molar-refractivity contribution in [3.05, 3.63) is 63.6 Å². The van der Waals surface area contributed by atoms with Crippen LogP contribution in [0.4, 0.5) is 13.2 Å². The normalized spacial score (nSPS) is 12.2. The van der Waals surface area contributed by atoms with Crippen LogP contribution in [0.2, 0.25) is 0 Å². The number of pyridine rings is 1. The van der Waals surface area contributed by atoms with Crippen LogP contribution in [0.1, 0.15) is 59.5 Å². The van der Waals surface area contributed by atoms with E-state index in [1.54, 1.807) is 11.5 Å². The van der Waals surface area contributed by atoms with Crippen LogP contribution >= 0.6 is 0 Å². The van der Waals surface area contributed by atoms with Gasteiger partial charge in [-0.25, -0.2) is 0 Å². The Labute approximate surface area is 177 Å². The van der Waals surface area contributed by atoms with Gasteiger partial charge >= 0.3 is 6.36 Å². The fraction of sp³-hybridized carbons (Fsp3) is 0.381. The zero-order valence-electron chi connectivity index (χ0n) is 17.4. The number of hydrogen-bond donors (Lipinski definition) is 2. The molecule has 2 aromatic rings. The third-order valence-corrected chi connectivity index (χ3v) is 4.58. The molecule has 0 radical (unpaired) electrons. The summed E-state index contributed by atoms with van der Waals surface area (Å²) < 4.78 is 42.1. The van der Waals surface area contributed by atoms with Crippen LogP contribution < -0.4 is 20.8 Å². The predicted molar refractivity (Wildman–Crippen MR) is 108 cm³/mol. The number of amides is 2. The number of alkyl halides is 3. The van der Waals surface area contributed by atoms with E-state index in [9.17, 15) is 27.6 Å². The van der Waals surface area contributed by atoms with Gasteiger partial charge in [-0.2, -0.15) is 0 Å². The summed E-state index contributed by atoms with van der Waals surface area (Å²) in [6.45, 7) is 5.83.